The Morgan fingerprint density at radius 1 is 0.966 bits per heavy atom. The molecule has 0 spiro atoms. The van der Waals surface area contributed by atoms with Crippen molar-refractivity contribution < 1.29 is 9.53 Å². The lowest BCUT2D eigenvalue weighted by atomic mass is 9.95. The SMILES string of the molecule is CCOc1ccc(Nc2nc3c(c(Nc4ccc(Cl)cc4)n2)C(=O)CCC3)cc1. The van der Waals surface area contributed by atoms with Crippen LogP contribution in [0.4, 0.5) is 23.1 Å². The van der Waals surface area contributed by atoms with Gasteiger partial charge in [0.2, 0.25) is 5.95 Å². The predicted octanol–water partition coefficient (Wildman–Crippen LogP) is 5.53. The lowest BCUT2D eigenvalue weighted by Crippen LogP contribution is -2.17. The van der Waals surface area contributed by atoms with Gasteiger partial charge in [-0.2, -0.15) is 4.98 Å². The van der Waals surface area contributed by atoms with Crippen LogP contribution >= 0.6 is 11.6 Å². The number of benzene rings is 2. The molecule has 0 radical (unpaired) electrons. The number of anilines is 4. The van der Waals surface area contributed by atoms with Crippen LogP contribution in [0.25, 0.3) is 0 Å². The Bertz CT molecular complexity index is 1020. The second-order valence-corrected chi connectivity index (χ2v) is 7.14. The lowest BCUT2D eigenvalue weighted by molar-refractivity contribution is 0.0972. The van der Waals surface area contributed by atoms with Crippen molar-refractivity contribution in [2.45, 2.75) is 26.2 Å². The molecule has 6 nitrogen and oxygen atoms in total. The lowest BCUT2D eigenvalue weighted by Gasteiger charge is -2.19. The third kappa shape index (κ3) is 4.49. The van der Waals surface area contributed by atoms with Gasteiger partial charge in [0.25, 0.3) is 0 Å². The van der Waals surface area contributed by atoms with Gasteiger partial charge in [0.15, 0.2) is 5.78 Å². The first-order valence-corrected chi connectivity index (χ1v) is 9.97. The first-order chi connectivity index (χ1) is 14.1. The summed E-state index contributed by atoms with van der Waals surface area (Å²) in [6, 6.07) is 14.9. The molecule has 1 aliphatic carbocycles. The van der Waals surface area contributed by atoms with Crippen LogP contribution in [0.5, 0.6) is 5.75 Å². The molecule has 0 bridgehead atoms. The summed E-state index contributed by atoms with van der Waals surface area (Å²) in [4.78, 5) is 21.7. The average molecular weight is 409 g/mol. The van der Waals surface area contributed by atoms with Gasteiger partial charge in [-0.05, 0) is 68.3 Å². The molecule has 0 aliphatic heterocycles. The van der Waals surface area contributed by atoms with Crippen LogP contribution in [0.3, 0.4) is 0 Å². The predicted molar refractivity (Wildman–Crippen MR) is 115 cm³/mol. The smallest absolute Gasteiger partial charge is 0.229 e. The van der Waals surface area contributed by atoms with Crippen molar-refractivity contribution in [2.24, 2.45) is 0 Å². The Morgan fingerprint density at radius 3 is 2.38 bits per heavy atom. The monoisotopic (exact) mass is 408 g/mol. The highest BCUT2D eigenvalue weighted by molar-refractivity contribution is 6.30. The van der Waals surface area contributed by atoms with Crippen molar-refractivity contribution in [3.8, 4) is 5.75 Å². The number of rotatable bonds is 6. The highest BCUT2D eigenvalue weighted by Gasteiger charge is 2.24. The van der Waals surface area contributed by atoms with Crippen LogP contribution in [-0.4, -0.2) is 22.4 Å². The van der Waals surface area contributed by atoms with Gasteiger partial charge < -0.3 is 15.4 Å². The number of carbonyl (C=O) groups excluding carboxylic acids is 1. The highest BCUT2D eigenvalue weighted by Crippen LogP contribution is 2.30. The van der Waals surface area contributed by atoms with E-state index < -0.39 is 0 Å². The number of aryl methyl sites for hydroxylation is 1. The summed E-state index contributed by atoms with van der Waals surface area (Å²) in [5.41, 5.74) is 2.98. The highest BCUT2D eigenvalue weighted by atomic mass is 35.5. The molecule has 0 unspecified atom stereocenters. The number of aromatic nitrogens is 2. The fourth-order valence-electron chi connectivity index (χ4n) is 3.27. The van der Waals surface area contributed by atoms with Crippen LogP contribution in [-0.2, 0) is 6.42 Å². The Hall–Kier alpha value is -3.12. The van der Waals surface area contributed by atoms with E-state index in [-0.39, 0.29) is 5.78 Å². The van der Waals surface area contributed by atoms with E-state index in [1.807, 2.05) is 43.3 Å². The number of Topliss-reactive ketones (excluding diaryl/α,β-unsaturated/α-hetero) is 1. The summed E-state index contributed by atoms with van der Waals surface area (Å²) < 4.78 is 5.48. The molecule has 1 heterocycles. The van der Waals surface area contributed by atoms with Crippen LogP contribution in [0.1, 0.15) is 35.8 Å². The standard InChI is InChI=1S/C22H21ClN4O2/c1-2-29-17-12-10-16(11-13-17)25-22-26-18-4-3-5-19(28)20(18)21(27-22)24-15-8-6-14(23)7-9-15/h6-13H,2-5H2,1H3,(H2,24,25,26,27). The normalized spacial score (nSPS) is 13.0. The van der Waals surface area contributed by atoms with Gasteiger partial charge in [0.05, 0.1) is 17.9 Å². The number of hydrogen-bond acceptors (Lipinski definition) is 6. The molecule has 3 aromatic rings. The van der Waals surface area contributed by atoms with E-state index in [2.05, 4.69) is 20.6 Å². The third-order valence-electron chi connectivity index (χ3n) is 4.61. The second kappa shape index (κ2) is 8.49. The number of halogens is 1. The molecular formula is C22H21ClN4O2. The maximum Gasteiger partial charge on any atom is 0.229 e. The number of fused-ring (bicyclic) bond motifs is 1. The molecule has 1 aromatic heterocycles. The van der Waals surface area contributed by atoms with Crippen molar-refractivity contribution in [3.05, 3.63) is 64.8 Å². The first-order valence-electron chi connectivity index (χ1n) is 9.59. The Labute approximate surface area is 174 Å². The van der Waals surface area contributed by atoms with E-state index in [1.165, 1.54) is 0 Å². The molecule has 0 fully saturated rings. The van der Waals surface area contributed by atoms with E-state index in [0.717, 1.165) is 35.7 Å². The average Bonchev–Trinajstić information content (AvgIpc) is 2.71. The molecule has 0 saturated heterocycles. The Balaban J connectivity index is 1.66. The summed E-state index contributed by atoms with van der Waals surface area (Å²) in [5.74, 6) is 1.82. The van der Waals surface area contributed by atoms with Crippen LogP contribution < -0.4 is 15.4 Å². The minimum atomic E-state index is 0.0651. The van der Waals surface area contributed by atoms with E-state index in [4.69, 9.17) is 16.3 Å². The van der Waals surface area contributed by atoms with Crippen LogP contribution in [0.2, 0.25) is 5.02 Å². The third-order valence-corrected chi connectivity index (χ3v) is 4.86. The van der Waals surface area contributed by atoms with Gasteiger partial charge in [-0.15, -0.1) is 0 Å². The van der Waals surface area contributed by atoms with Crippen LogP contribution in [0.15, 0.2) is 48.5 Å². The summed E-state index contributed by atoms with van der Waals surface area (Å²) in [6.07, 6.45) is 2.06. The molecule has 148 valence electrons. The van der Waals surface area contributed by atoms with Gasteiger partial charge in [-0.3, -0.25) is 4.79 Å². The molecule has 0 amide bonds. The number of ether oxygens (including phenoxy) is 1. The molecular weight excluding hydrogens is 388 g/mol. The zero-order chi connectivity index (χ0) is 20.2. The Kier molecular flexibility index (Phi) is 5.62. The van der Waals surface area contributed by atoms with Gasteiger partial charge in [0, 0.05) is 22.8 Å². The molecule has 0 saturated carbocycles. The molecule has 4 rings (SSSR count). The quantitative estimate of drug-likeness (QED) is 0.558. The summed E-state index contributed by atoms with van der Waals surface area (Å²) >= 11 is 5.97. The van der Waals surface area contributed by atoms with Gasteiger partial charge in [-0.25, -0.2) is 4.98 Å². The van der Waals surface area contributed by atoms with Crippen molar-refractivity contribution in [1.82, 2.24) is 9.97 Å². The number of carbonyl (C=O) groups is 1. The number of nitrogens with one attached hydrogen (secondary N) is 2. The van der Waals surface area contributed by atoms with Crippen molar-refractivity contribution in [2.75, 3.05) is 17.2 Å². The summed E-state index contributed by atoms with van der Waals surface area (Å²) in [5, 5.41) is 7.12. The zero-order valence-corrected chi connectivity index (χ0v) is 16.8. The minimum Gasteiger partial charge on any atom is -0.494 e. The van der Waals surface area contributed by atoms with Gasteiger partial charge in [0.1, 0.15) is 11.6 Å². The molecule has 2 N–H and O–H groups in total. The summed E-state index contributed by atoms with van der Waals surface area (Å²) in [7, 11) is 0. The van der Waals surface area contributed by atoms with Crippen molar-refractivity contribution in [1.29, 1.82) is 0 Å². The maximum absolute atomic E-state index is 12.5. The second-order valence-electron chi connectivity index (χ2n) is 6.71. The fourth-order valence-corrected chi connectivity index (χ4v) is 3.40. The maximum atomic E-state index is 12.5. The van der Waals surface area contributed by atoms with Gasteiger partial charge >= 0.3 is 0 Å². The molecule has 2 aromatic carbocycles. The number of hydrogen-bond donors (Lipinski definition) is 2. The molecule has 7 heteroatoms. The molecule has 0 atom stereocenters. The summed E-state index contributed by atoms with van der Waals surface area (Å²) in [6.45, 7) is 2.57. The largest absolute Gasteiger partial charge is 0.494 e. The van der Waals surface area contributed by atoms with Crippen molar-refractivity contribution >= 4 is 40.5 Å². The van der Waals surface area contributed by atoms with E-state index >= 15 is 0 Å². The van der Waals surface area contributed by atoms with E-state index in [9.17, 15) is 4.79 Å². The molecule has 29 heavy (non-hydrogen) atoms. The minimum absolute atomic E-state index is 0.0651. The van der Waals surface area contributed by atoms with Gasteiger partial charge in [-0.1, -0.05) is 11.6 Å². The topological polar surface area (TPSA) is 76.1 Å². The first kappa shape index (κ1) is 19.2. The number of nitrogens with zero attached hydrogens (tertiary/aromatic N) is 2. The fraction of sp³-hybridized carbons (Fsp3) is 0.227. The number of ketones is 1. The zero-order valence-electron chi connectivity index (χ0n) is 16.0. The van der Waals surface area contributed by atoms with Crippen molar-refractivity contribution in [3.63, 3.8) is 0 Å². The van der Waals surface area contributed by atoms with Crippen LogP contribution in [0, 0.1) is 0 Å². The van der Waals surface area contributed by atoms with E-state index in [1.54, 1.807) is 12.1 Å². The molecule has 1 aliphatic rings. The van der Waals surface area contributed by atoms with E-state index in [0.29, 0.717) is 35.4 Å². The Morgan fingerprint density at radius 2 is 1.66 bits per heavy atom.